The Labute approximate surface area is 128 Å². The third-order valence-corrected chi connectivity index (χ3v) is 4.46. The van der Waals surface area contributed by atoms with Crippen molar-refractivity contribution in [3.63, 3.8) is 0 Å². The average Bonchev–Trinajstić information content (AvgIpc) is 2.93. The molecule has 4 heteroatoms. The molecule has 2 atom stereocenters. The fraction of sp³-hybridized carbons (Fsp3) is 0.222. The number of aliphatic imine (C=N–C) groups is 1. The van der Waals surface area contributed by atoms with E-state index in [2.05, 4.69) is 22.4 Å². The minimum Gasteiger partial charge on any atom is -0.497 e. The van der Waals surface area contributed by atoms with E-state index < -0.39 is 0 Å². The molecule has 0 fully saturated rings. The smallest absolute Gasteiger partial charge is 0.341 e. The number of hydrogen-bond donors (Lipinski definition) is 1. The number of ether oxygens (including phenoxy) is 1. The second-order valence-electron chi connectivity index (χ2n) is 5.67. The number of carbonyl (C=O) groups excluding carboxylic acids is 1. The Bertz CT molecular complexity index is 765. The van der Waals surface area contributed by atoms with Gasteiger partial charge in [-0.3, -0.25) is 0 Å². The maximum absolute atomic E-state index is 12.0. The third kappa shape index (κ3) is 1.99. The van der Waals surface area contributed by atoms with Crippen molar-refractivity contribution in [1.29, 1.82) is 0 Å². The van der Waals surface area contributed by atoms with E-state index >= 15 is 0 Å². The zero-order valence-electron chi connectivity index (χ0n) is 12.2. The van der Waals surface area contributed by atoms with Crippen LogP contribution in [-0.2, 0) is 6.42 Å². The van der Waals surface area contributed by atoms with Gasteiger partial charge in [-0.2, -0.15) is 4.99 Å². The van der Waals surface area contributed by atoms with Crippen molar-refractivity contribution >= 4 is 11.7 Å². The predicted octanol–water partition coefficient (Wildman–Crippen LogP) is 3.12. The van der Waals surface area contributed by atoms with Crippen LogP contribution in [0.4, 0.5) is 4.79 Å². The van der Waals surface area contributed by atoms with Gasteiger partial charge in [-0.15, -0.1) is 0 Å². The molecule has 0 radical (unpaired) electrons. The summed E-state index contributed by atoms with van der Waals surface area (Å²) < 4.78 is 5.20. The van der Waals surface area contributed by atoms with Crippen molar-refractivity contribution in [2.75, 3.05) is 7.11 Å². The minimum atomic E-state index is -0.260. The molecular weight excluding hydrogens is 276 g/mol. The van der Waals surface area contributed by atoms with Crippen molar-refractivity contribution in [1.82, 2.24) is 5.32 Å². The maximum Gasteiger partial charge on any atom is 0.341 e. The molecular formula is C18H16N2O2. The Morgan fingerprint density at radius 2 is 1.91 bits per heavy atom. The number of nitrogens with zero attached hydrogens (tertiary/aromatic N) is 1. The SMILES string of the molecule is COc1ccc(C2NC(=O)N=C3c4ccccc4CC32)cc1. The number of amides is 2. The lowest BCUT2D eigenvalue weighted by Crippen LogP contribution is -2.39. The van der Waals surface area contributed by atoms with E-state index in [9.17, 15) is 4.79 Å². The molecule has 1 aliphatic carbocycles. The summed E-state index contributed by atoms with van der Waals surface area (Å²) in [7, 11) is 1.65. The van der Waals surface area contributed by atoms with Gasteiger partial charge in [0.05, 0.1) is 18.9 Å². The van der Waals surface area contributed by atoms with Crippen LogP contribution in [-0.4, -0.2) is 18.9 Å². The molecule has 4 nitrogen and oxygen atoms in total. The Morgan fingerprint density at radius 3 is 2.68 bits per heavy atom. The monoisotopic (exact) mass is 292 g/mol. The Hall–Kier alpha value is -2.62. The molecule has 22 heavy (non-hydrogen) atoms. The molecule has 0 saturated carbocycles. The predicted molar refractivity (Wildman–Crippen MR) is 84.4 cm³/mol. The van der Waals surface area contributed by atoms with Crippen LogP contribution in [0, 0.1) is 5.92 Å². The zero-order valence-corrected chi connectivity index (χ0v) is 12.2. The van der Waals surface area contributed by atoms with Crippen LogP contribution in [0.15, 0.2) is 53.5 Å². The van der Waals surface area contributed by atoms with Gasteiger partial charge in [-0.25, -0.2) is 4.79 Å². The van der Waals surface area contributed by atoms with E-state index in [1.165, 1.54) is 5.56 Å². The summed E-state index contributed by atoms with van der Waals surface area (Å²) >= 11 is 0. The van der Waals surface area contributed by atoms with Crippen LogP contribution in [0.3, 0.4) is 0 Å². The molecule has 0 aromatic heterocycles. The first-order valence-corrected chi connectivity index (χ1v) is 7.37. The van der Waals surface area contributed by atoms with Gasteiger partial charge in [0.2, 0.25) is 0 Å². The Balaban J connectivity index is 1.74. The molecule has 0 saturated heterocycles. The first-order valence-electron chi connectivity index (χ1n) is 7.37. The third-order valence-electron chi connectivity index (χ3n) is 4.46. The summed E-state index contributed by atoms with van der Waals surface area (Å²) in [5.74, 6) is 1.01. The van der Waals surface area contributed by atoms with E-state index in [0.29, 0.717) is 0 Å². The molecule has 1 heterocycles. The lowest BCUT2D eigenvalue weighted by Gasteiger charge is -2.28. The van der Waals surface area contributed by atoms with Gasteiger partial charge in [0, 0.05) is 5.92 Å². The van der Waals surface area contributed by atoms with Gasteiger partial charge in [0.25, 0.3) is 0 Å². The molecule has 4 rings (SSSR count). The highest BCUT2D eigenvalue weighted by molar-refractivity contribution is 6.12. The molecule has 0 spiro atoms. The highest BCUT2D eigenvalue weighted by Gasteiger charge is 2.39. The first kappa shape index (κ1) is 13.1. The van der Waals surface area contributed by atoms with Crippen LogP contribution in [0.2, 0.25) is 0 Å². The molecule has 1 aliphatic heterocycles. The van der Waals surface area contributed by atoms with Crippen LogP contribution < -0.4 is 10.1 Å². The van der Waals surface area contributed by atoms with Crippen LogP contribution in [0.1, 0.15) is 22.7 Å². The number of rotatable bonds is 2. The lowest BCUT2D eigenvalue weighted by molar-refractivity contribution is 0.240. The Kier molecular flexibility index (Phi) is 2.96. The number of urea groups is 1. The highest BCUT2D eigenvalue weighted by Crippen LogP contribution is 2.38. The highest BCUT2D eigenvalue weighted by atomic mass is 16.5. The number of carbonyl (C=O) groups is 1. The standard InChI is InChI=1S/C18H16N2O2/c1-22-13-8-6-11(7-9-13)16-15-10-12-4-2-3-5-14(12)17(15)20-18(21)19-16/h2-9,15-16H,10H2,1H3,(H,19,21). The number of fused-ring (bicyclic) bond motifs is 3. The van der Waals surface area contributed by atoms with Crippen LogP contribution in [0.25, 0.3) is 0 Å². The Morgan fingerprint density at radius 1 is 1.14 bits per heavy atom. The molecule has 110 valence electrons. The maximum atomic E-state index is 12.0. The summed E-state index contributed by atoms with van der Waals surface area (Å²) in [4.78, 5) is 16.2. The summed E-state index contributed by atoms with van der Waals surface area (Å²) in [5, 5.41) is 3.01. The summed E-state index contributed by atoms with van der Waals surface area (Å²) in [6, 6.07) is 15.8. The second kappa shape index (κ2) is 4.98. The van der Waals surface area contributed by atoms with Gasteiger partial charge >= 0.3 is 6.03 Å². The molecule has 2 aliphatic rings. The quantitative estimate of drug-likeness (QED) is 0.924. The molecule has 2 aromatic rings. The first-order chi connectivity index (χ1) is 10.8. The fourth-order valence-corrected chi connectivity index (χ4v) is 3.40. The normalized spacial score (nSPS) is 22.4. The summed E-state index contributed by atoms with van der Waals surface area (Å²) in [6.45, 7) is 0. The van der Waals surface area contributed by atoms with Crippen molar-refractivity contribution < 1.29 is 9.53 Å². The van der Waals surface area contributed by atoms with Crippen LogP contribution >= 0.6 is 0 Å². The van der Waals surface area contributed by atoms with E-state index in [1.54, 1.807) is 7.11 Å². The van der Waals surface area contributed by atoms with Crippen LogP contribution in [0.5, 0.6) is 5.75 Å². The molecule has 1 N–H and O–H groups in total. The average molecular weight is 292 g/mol. The fourth-order valence-electron chi connectivity index (χ4n) is 3.40. The molecule has 2 amide bonds. The van der Waals surface area contributed by atoms with Crippen molar-refractivity contribution in [2.45, 2.75) is 12.5 Å². The van der Waals surface area contributed by atoms with Crippen molar-refractivity contribution in [3.05, 3.63) is 65.2 Å². The van der Waals surface area contributed by atoms with Crippen molar-refractivity contribution in [3.8, 4) is 5.75 Å². The van der Waals surface area contributed by atoms with Gasteiger partial charge in [-0.1, -0.05) is 36.4 Å². The molecule has 2 unspecified atom stereocenters. The molecule has 2 aromatic carbocycles. The van der Waals surface area contributed by atoms with Gasteiger partial charge in [0.1, 0.15) is 5.75 Å². The topological polar surface area (TPSA) is 50.7 Å². The zero-order chi connectivity index (χ0) is 15.1. The van der Waals surface area contributed by atoms with Gasteiger partial charge in [0.15, 0.2) is 0 Å². The lowest BCUT2D eigenvalue weighted by atomic mass is 9.88. The van der Waals surface area contributed by atoms with E-state index in [0.717, 1.165) is 29.0 Å². The number of nitrogens with one attached hydrogen (secondary N) is 1. The largest absolute Gasteiger partial charge is 0.497 e. The van der Waals surface area contributed by atoms with E-state index in [-0.39, 0.29) is 18.0 Å². The van der Waals surface area contributed by atoms with Gasteiger partial charge < -0.3 is 10.1 Å². The summed E-state index contributed by atoms with van der Waals surface area (Å²) in [5.41, 5.74) is 4.38. The van der Waals surface area contributed by atoms with E-state index in [1.807, 2.05) is 36.4 Å². The number of benzene rings is 2. The summed E-state index contributed by atoms with van der Waals surface area (Å²) in [6.07, 6.45) is 0.909. The van der Waals surface area contributed by atoms with E-state index in [4.69, 9.17) is 4.74 Å². The number of hydrogen-bond acceptors (Lipinski definition) is 2. The second-order valence-corrected chi connectivity index (χ2v) is 5.67. The van der Waals surface area contributed by atoms with Crippen molar-refractivity contribution in [2.24, 2.45) is 10.9 Å². The van der Waals surface area contributed by atoms with Gasteiger partial charge in [-0.05, 0) is 35.2 Å². The minimum absolute atomic E-state index is 0.0432. The molecule has 0 bridgehead atoms. The number of methoxy groups -OCH3 is 1.